The van der Waals surface area contributed by atoms with Crippen molar-refractivity contribution in [2.45, 2.75) is 19.9 Å². The number of carbonyl (C=O) groups is 2. The van der Waals surface area contributed by atoms with Gasteiger partial charge in [-0.05, 0) is 48.4 Å². The number of nitrogens with one attached hydrogen (secondary N) is 2. The van der Waals surface area contributed by atoms with Crippen molar-refractivity contribution < 1.29 is 14.0 Å². The summed E-state index contributed by atoms with van der Waals surface area (Å²) >= 11 is 0. The summed E-state index contributed by atoms with van der Waals surface area (Å²) in [6.07, 6.45) is 0.905. The van der Waals surface area contributed by atoms with Crippen molar-refractivity contribution in [3.8, 4) is 0 Å². The van der Waals surface area contributed by atoms with Crippen molar-refractivity contribution >= 4 is 17.6 Å². The minimum atomic E-state index is -0.353. The minimum absolute atomic E-state index is 0.125. The summed E-state index contributed by atoms with van der Waals surface area (Å²) in [5.41, 5.74) is 1.92. The van der Waals surface area contributed by atoms with E-state index in [2.05, 4.69) is 10.6 Å². The standard InChI is InChI=1S/C19H22FN3O2/c1-3-12-23(2)19(25)21-13-14-4-6-15(7-5-14)18(24)22-17-10-8-16(20)9-11-17/h4-11H,3,12-13H2,1-2H3,(H,21,25)(H,22,24). The Balaban J connectivity index is 1.89. The maximum absolute atomic E-state index is 12.9. The largest absolute Gasteiger partial charge is 0.334 e. The Bertz CT molecular complexity index is 714. The van der Waals surface area contributed by atoms with E-state index in [-0.39, 0.29) is 17.8 Å². The molecule has 2 N–H and O–H groups in total. The number of hydrogen-bond acceptors (Lipinski definition) is 2. The van der Waals surface area contributed by atoms with Crippen LogP contribution in [0.4, 0.5) is 14.9 Å². The van der Waals surface area contributed by atoms with Gasteiger partial charge < -0.3 is 15.5 Å². The SMILES string of the molecule is CCCN(C)C(=O)NCc1ccc(C(=O)Nc2ccc(F)cc2)cc1. The van der Waals surface area contributed by atoms with E-state index in [1.54, 1.807) is 36.2 Å². The number of rotatable bonds is 6. The van der Waals surface area contributed by atoms with Crippen LogP contribution in [0.15, 0.2) is 48.5 Å². The van der Waals surface area contributed by atoms with Crippen molar-refractivity contribution in [1.29, 1.82) is 0 Å². The molecule has 0 saturated carbocycles. The number of amides is 3. The van der Waals surface area contributed by atoms with Gasteiger partial charge in [0.2, 0.25) is 0 Å². The molecule has 2 aromatic rings. The maximum atomic E-state index is 12.9. The lowest BCUT2D eigenvalue weighted by Gasteiger charge is -2.17. The van der Waals surface area contributed by atoms with Crippen LogP contribution in [0.1, 0.15) is 29.3 Å². The monoisotopic (exact) mass is 343 g/mol. The summed E-state index contributed by atoms with van der Waals surface area (Å²) in [6, 6.07) is 12.4. The minimum Gasteiger partial charge on any atom is -0.334 e. The third kappa shape index (κ3) is 5.60. The number of halogens is 1. The van der Waals surface area contributed by atoms with Gasteiger partial charge in [-0.2, -0.15) is 0 Å². The first-order chi connectivity index (χ1) is 12.0. The van der Waals surface area contributed by atoms with Crippen LogP contribution in [0.25, 0.3) is 0 Å². The van der Waals surface area contributed by atoms with Crippen molar-refractivity contribution in [3.63, 3.8) is 0 Å². The lowest BCUT2D eigenvalue weighted by molar-refractivity contribution is 0.102. The predicted octanol–water partition coefficient (Wildman–Crippen LogP) is 3.63. The molecule has 6 heteroatoms. The first-order valence-corrected chi connectivity index (χ1v) is 8.14. The molecule has 0 atom stereocenters. The van der Waals surface area contributed by atoms with Crippen molar-refractivity contribution in [1.82, 2.24) is 10.2 Å². The summed E-state index contributed by atoms with van der Waals surface area (Å²) in [5, 5.41) is 5.53. The molecule has 2 aromatic carbocycles. The molecule has 5 nitrogen and oxygen atoms in total. The van der Waals surface area contributed by atoms with Crippen LogP contribution in [0, 0.1) is 5.82 Å². The molecule has 3 amide bonds. The van der Waals surface area contributed by atoms with E-state index in [1.165, 1.54) is 24.3 Å². The zero-order valence-corrected chi connectivity index (χ0v) is 14.4. The van der Waals surface area contributed by atoms with Crippen LogP contribution in [-0.2, 0) is 6.54 Å². The summed E-state index contributed by atoms with van der Waals surface area (Å²) in [4.78, 5) is 25.6. The molecule has 0 radical (unpaired) electrons. The Labute approximate surface area is 146 Å². The van der Waals surface area contributed by atoms with E-state index in [0.717, 1.165) is 12.0 Å². The highest BCUT2D eigenvalue weighted by atomic mass is 19.1. The molecular formula is C19H22FN3O2. The predicted molar refractivity (Wildman–Crippen MR) is 96.0 cm³/mol. The van der Waals surface area contributed by atoms with E-state index in [4.69, 9.17) is 0 Å². The fourth-order valence-electron chi connectivity index (χ4n) is 2.26. The molecule has 0 aromatic heterocycles. The molecule has 0 aliphatic heterocycles. The third-order valence-electron chi connectivity index (χ3n) is 3.67. The maximum Gasteiger partial charge on any atom is 0.317 e. The van der Waals surface area contributed by atoms with Gasteiger partial charge in [0.1, 0.15) is 5.82 Å². The topological polar surface area (TPSA) is 61.4 Å². The fraction of sp³-hybridized carbons (Fsp3) is 0.263. The summed E-state index contributed by atoms with van der Waals surface area (Å²) in [5.74, 6) is -0.626. The van der Waals surface area contributed by atoms with Crippen molar-refractivity contribution in [2.75, 3.05) is 18.9 Å². The molecule has 0 unspecified atom stereocenters. The second-order valence-corrected chi connectivity index (χ2v) is 5.74. The Morgan fingerprint density at radius 3 is 2.28 bits per heavy atom. The average Bonchev–Trinajstić information content (AvgIpc) is 2.62. The molecule has 0 aliphatic carbocycles. The number of carbonyl (C=O) groups excluding carboxylic acids is 2. The second kappa shape index (κ2) is 8.82. The van der Waals surface area contributed by atoms with Crippen molar-refractivity contribution in [3.05, 3.63) is 65.5 Å². The summed E-state index contributed by atoms with van der Waals surface area (Å²) in [7, 11) is 1.75. The van der Waals surface area contributed by atoms with Gasteiger partial charge in [0, 0.05) is 31.4 Å². The van der Waals surface area contributed by atoms with Gasteiger partial charge in [0.15, 0.2) is 0 Å². The Hall–Kier alpha value is -2.89. The smallest absolute Gasteiger partial charge is 0.317 e. The van der Waals surface area contributed by atoms with Crippen LogP contribution in [0.5, 0.6) is 0 Å². The van der Waals surface area contributed by atoms with Crippen LogP contribution in [0.3, 0.4) is 0 Å². The lowest BCUT2D eigenvalue weighted by atomic mass is 10.1. The zero-order valence-electron chi connectivity index (χ0n) is 14.4. The number of urea groups is 1. The Morgan fingerprint density at radius 1 is 1.04 bits per heavy atom. The number of anilines is 1. The Kier molecular flexibility index (Phi) is 6.51. The molecule has 0 fully saturated rings. The van der Waals surface area contributed by atoms with E-state index in [1.807, 2.05) is 6.92 Å². The first-order valence-electron chi connectivity index (χ1n) is 8.14. The highest BCUT2D eigenvalue weighted by Crippen LogP contribution is 2.11. The van der Waals surface area contributed by atoms with Crippen LogP contribution < -0.4 is 10.6 Å². The molecule has 0 aliphatic rings. The number of nitrogens with zero attached hydrogens (tertiary/aromatic N) is 1. The molecule has 2 rings (SSSR count). The number of hydrogen-bond donors (Lipinski definition) is 2. The summed E-state index contributed by atoms with van der Waals surface area (Å²) in [6.45, 7) is 3.11. The van der Waals surface area contributed by atoms with Gasteiger partial charge in [-0.3, -0.25) is 4.79 Å². The van der Waals surface area contributed by atoms with Gasteiger partial charge in [-0.25, -0.2) is 9.18 Å². The van der Waals surface area contributed by atoms with Crippen LogP contribution in [-0.4, -0.2) is 30.4 Å². The second-order valence-electron chi connectivity index (χ2n) is 5.74. The van der Waals surface area contributed by atoms with Gasteiger partial charge in [-0.1, -0.05) is 19.1 Å². The van der Waals surface area contributed by atoms with Gasteiger partial charge in [0.05, 0.1) is 0 Å². The fourth-order valence-corrected chi connectivity index (χ4v) is 2.26. The average molecular weight is 343 g/mol. The number of benzene rings is 2. The Morgan fingerprint density at radius 2 is 1.68 bits per heavy atom. The molecular weight excluding hydrogens is 321 g/mol. The van der Waals surface area contributed by atoms with Gasteiger partial charge >= 0.3 is 6.03 Å². The molecule has 0 spiro atoms. The zero-order chi connectivity index (χ0) is 18.2. The van der Waals surface area contributed by atoms with E-state index < -0.39 is 0 Å². The quantitative estimate of drug-likeness (QED) is 0.841. The highest BCUT2D eigenvalue weighted by molar-refractivity contribution is 6.04. The van der Waals surface area contributed by atoms with E-state index >= 15 is 0 Å². The van der Waals surface area contributed by atoms with Crippen LogP contribution in [0.2, 0.25) is 0 Å². The van der Waals surface area contributed by atoms with E-state index in [0.29, 0.717) is 24.3 Å². The highest BCUT2D eigenvalue weighted by Gasteiger charge is 2.08. The van der Waals surface area contributed by atoms with Gasteiger partial charge in [0.25, 0.3) is 5.91 Å². The molecule has 0 heterocycles. The molecule has 132 valence electrons. The van der Waals surface area contributed by atoms with Crippen LogP contribution >= 0.6 is 0 Å². The molecule has 0 bridgehead atoms. The van der Waals surface area contributed by atoms with Gasteiger partial charge in [-0.15, -0.1) is 0 Å². The molecule has 0 saturated heterocycles. The normalized spacial score (nSPS) is 10.2. The van der Waals surface area contributed by atoms with E-state index in [9.17, 15) is 14.0 Å². The molecule has 25 heavy (non-hydrogen) atoms. The first kappa shape index (κ1) is 18.4. The lowest BCUT2D eigenvalue weighted by Crippen LogP contribution is -2.37. The third-order valence-corrected chi connectivity index (χ3v) is 3.67. The van der Waals surface area contributed by atoms with Crippen molar-refractivity contribution in [2.24, 2.45) is 0 Å². The summed E-state index contributed by atoms with van der Waals surface area (Å²) < 4.78 is 12.9.